The van der Waals surface area contributed by atoms with Gasteiger partial charge in [0.15, 0.2) is 0 Å². The van der Waals surface area contributed by atoms with E-state index in [4.69, 9.17) is 6.42 Å². The predicted octanol–water partition coefficient (Wildman–Crippen LogP) is 1.39. The Hall–Kier alpha value is -1.32. The van der Waals surface area contributed by atoms with Gasteiger partial charge in [-0.3, -0.25) is 4.79 Å². The van der Waals surface area contributed by atoms with Crippen molar-refractivity contribution in [2.45, 2.75) is 19.9 Å². The van der Waals surface area contributed by atoms with Crippen molar-refractivity contribution in [2.24, 2.45) is 5.92 Å². The quantitative estimate of drug-likeness (QED) is 0.824. The number of terminal acetylenes is 1. The molecule has 0 saturated carbocycles. The van der Waals surface area contributed by atoms with Gasteiger partial charge in [-0.1, -0.05) is 12.8 Å². The molecular formula is C14H19BrN4O. The van der Waals surface area contributed by atoms with E-state index in [1.54, 1.807) is 6.20 Å². The zero-order valence-corrected chi connectivity index (χ0v) is 13.2. The summed E-state index contributed by atoms with van der Waals surface area (Å²) in [6, 6.07) is 0. The van der Waals surface area contributed by atoms with Crippen molar-refractivity contribution in [3.05, 3.63) is 21.0 Å². The average molecular weight is 339 g/mol. The van der Waals surface area contributed by atoms with Crippen LogP contribution in [0.3, 0.4) is 0 Å². The first kappa shape index (κ1) is 15.1. The summed E-state index contributed by atoms with van der Waals surface area (Å²) in [5.74, 6) is 3.03. The van der Waals surface area contributed by atoms with Gasteiger partial charge in [-0.2, -0.15) is 5.10 Å². The minimum atomic E-state index is -0.199. The summed E-state index contributed by atoms with van der Waals surface area (Å²) in [7, 11) is 0. The number of halogens is 1. The average Bonchev–Trinajstić information content (AvgIpc) is 2.91. The highest BCUT2D eigenvalue weighted by Gasteiger charge is 2.21. The Bertz CT molecular complexity index is 563. The maximum atomic E-state index is 12.0. The van der Waals surface area contributed by atoms with Crippen LogP contribution in [0.25, 0.3) is 0 Å². The number of nitrogens with one attached hydrogen (secondary N) is 1. The molecule has 1 aromatic rings. The second-order valence-corrected chi connectivity index (χ2v) is 5.76. The molecule has 1 unspecified atom stereocenters. The minimum Gasteiger partial charge on any atom is -0.382 e. The van der Waals surface area contributed by atoms with E-state index in [1.165, 1.54) is 11.1 Å². The van der Waals surface area contributed by atoms with Gasteiger partial charge < -0.3 is 10.2 Å². The molecule has 2 heterocycles. The lowest BCUT2D eigenvalue weighted by molar-refractivity contribution is 0.345. The Labute approximate surface area is 127 Å². The van der Waals surface area contributed by atoms with Crippen LogP contribution in [0.4, 0.5) is 5.69 Å². The van der Waals surface area contributed by atoms with Crippen LogP contribution >= 0.6 is 15.9 Å². The molecule has 1 aliphatic rings. The van der Waals surface area contributed by atoms with Crippen LogP contribution in [0.5, 0.6) is 0 Å². The third kappa shape index (κ3) is 3.41. The Morgan fingerprint density at radius 2 is 2.45 bits per heavy atom. The lowest BCUT2D eigenvalue weighted by atomic mass is 10.1. The van der Waals surface area contributed by atoms with Gasteiger partial charge >= 0.3 is 0 Å². The lowest BCUT2D eigenvalue weighted by Crippen LogP contribution is -2.26. The highest BCUT2D eigenvalue weighted by Crippen LogP contribution is 2.20. The molecule has 6 heteroatoms. The van der Waals surface area contributed by atoms with Gasteiger partial charge in [0.05, 0.1) is 11.9 Å². The Kier molecular flexibility index (Phi) is 5.21. The van der Waals surface area contributed by atoms with E-state index in [-0.39, 0.29) is 12.1 Å². The summed E-state index contributed by atoms with van der Waals surface area (Å²) in [6.45, 7) is 6.60. The Balaban J connectivity index is 1.99. The van der Waals surface area contributed by atoms with Crippen LogP contribution in [-0.2, 0) is 6.54 Å². The smallest absolute Gasteiger partial charge is 0.284 e. The fraction of sp³-hybridized carbons (Fsp3) is 0.571. The Morgan fingerprint density at radius 1 is 1.65 bits per heavy atom. The summed E-state index contributed by atoms with van der Waals surface area (Å²) < 4.78 is 1.76. The highest BCUT2D eigenvalue weighted by atomic mass is 79.9. The first-order valence-electron chi connectivity index (χ1n) is 6.81. The van der Waals surface area contributed by atoms with Crippen molar-refractivity contribution in [1.82, 2.24) is 14.7 Å². The number of rotatable bonds is 5. The normalized spacial score (nSPS) is 18.9. The first-order valence-corrected chi connectivity index (χ1v) is 7.60. The largest absolute Gasteiger partial charge is 0.382 e. The molecule has 0 aromatic carbocycles. The SMILES string of the molecule is C#CCn1ncc(NCC2CCN(CC)C2)c(Br)c1=O. The Morgan fingerprint density at radius 3 is 3.10 bits per heavy atom. The van der Waals surface area contributed by atoms with Crippen LogP contribution in [0.1, 0.15) is 13.3 Å². The summed E-state index contributed by atoms with van der Waals surface area (Å²) in [5, 5.41) is 7.37. The number of anilines is 1. The van der Waals surface area contributed by atoms with E-state index in [0.717, 1.165) is 31.9 Å². The summed E-state index contributed by atoms with van der Waals surface area (Å²) in [6.07, 6.45) is 8.04. The van der Waals surface area contributed by atoms with Crippen LogP contribution in [0.2, 0.25) is 0 Å². The van der Waals surface area contributed by atoms with Gasteiger partial charge in [-0.15, -0.1) is 6.42 Å². The predicted molar refractivity (Wildman–Crippen MR) is 83.7 cm³/mol. The molecule has 1 fully saturated rings. The third-order valence-electron chi connectivity index (χ3n) is 3.62. The molecule has 108 valence electrons. The second-order valence-electron chi connectivity index (χ2n) is 4.97. The van der Waals surface area contributed by atoms with Crippen molar-refractivity contribution in [2.75, 3.05) is 31.5 Å². The first-order chi connectivity index (χ1) is 9.65. The zero-order valence-electron chi connectivity index (χ0n) is 11.6. The van der Waals surface area contributed by atoms with Gasteiger partial charge in [0.1, 0.15) is 11.0 Å². The van der Waals surface area contributed by atoms with Crippen LogP contribution in [-0.4, -0.2) is 40.9 Å². The van der Waals surface area contributed by atoms with E-state index in [0.29, 0.717) is 10.4 Å². The van der Waals surface area contributed by atoms with Gasteiger partial charge in [0.25, 0.3) is 5.56 Å². The molecule has 1 atom stereocenters. The number of nitrogens with zero attached hydrogens (tertiary/aromatic N) is 3. The molecule has 1 N–H and O–H groups in total. The van der Waals surface area contributed by atoms with Crippen LogP contribution < -0.4 is 10.9 Å². The van der Waals surface area contributed by atoms with E-state index in [2.05, 4.69) is 44.1 Å². The maximum absolute atomic E-state index is 12.0. The van der Waals surface area contributed by atoms with E-state index < -0.39 is 0 Å². The molecule has 1 aliphatic heterocycles. The minimum absolute atomic E-state index is 0.186. The van der Waals surface area contributed by atoms with Gasteiger partial charge in [-0.25, -0.2) is 4.68 Å². The molecule has 1 saturated heterocycles. The van der Waals surface area contributed by atoms with Crippen molar-refractivity contribution in [3.63, 3.8) is 0 Å². The number of hydrogen-bond acceptors (Lipinski definition) is 4. The fourth-order valence-corrected chi connectivity index (χ4v) is 2.86. The third-order valence-corrected chi connectivity index (χ3v) is 4.39. The summed E-state index contributed by atoms with van der Waals surface area (Å²) in [4.78, 5) is 14.4. The van der Waals surface area contributed by atoms with E-state index >= 15 is 0 Å². The second kappa shape index (κ2) is 6.91. The topological polar surface area (TPSA) is 50.2 Å². The van der Waals surface area contributed by atoms with Gasteiger partial charge in [0.2, 0.25) is 0 Å². The standard InChI is InChI=1S/C14H19BrN4O/c1-3-6-19-14(20)13(15)12(9-17-19)16-8-11-5-7-18(4-2)10-11/h1,9,11,16H,4-8,10H2,2H3. The van der Waals surface area contributed by atoms with Gasteiger partial charge in [-0.05, 0) is 41.4 Å². The number of hydrogen-bond donors (Lipinski definition) is 1. The molecule has 0 spiro atoms. The van der Waals surface area contributed by atoms with Crippen molar-refractivity contribution in [1.29, 1.82) is 0 Å². The van der Waals surface area contributed by atoms with Crippen LogP contribution in [0, 0.1) is 18.3 Å². The van der Waals surface area contributed by atoms with Gasteiger partial charge in [0, 0.05) is 13.1 Å². The molecule has 0 radical (unpaired) electrons. The molecule has 0 amide bonds. The highest BCUT2D eigenvalue weighted by molar-refractivity contribution is 9.10. The van der Waals surface area contributed by atoms with Crippen molar-refractivity contribution >= 4 is 21.6 Å². The van der Waals surface area contributed by atoms with Crippen LogP contribution in [0.15, 0.2) is 15.5 Å². The molecule has 0 bridgehead atoms. The molecule has 0 aliphatic carbocycles. The summed E-state index contributed by atoms with van der Waals surface area (Å²) >= 11 is 3.32. The fourth-order valence-electron chi connectivity index (χ4n) is 2.41. The number of aromatic nitrogens is 2. The lowest BCUT2D eigenvalue weighted by Gasteiger charge is -2.15. The molecular weight excluding hydrogens is 320 g/mol. The van der Waals surface area contributed by atoms with E-state index in [1.807, 2.05) is 0 Å². The number of likely N-dealkylation sites (tertiary alicyclic amines) is 1. The zero-order chi connectivity index (χ0) is 14.5. The molecule has 5 nitrogen and oxygen atoms in total. The molecule has 2 rings (SSSR count). The van der Waals surface area contributed by atoms with Crippen molar-refractivity contribution in [3.8, 4) is 12.3 Å². The monoisotopic (exact) mass is 338 g/mol. The maximum Gasteiger partial charge on any atom is 0.284 e. The molecule has 1 aromatic heterocycles. The summed E-state index contributed by atoms with van der Waals surface area (Å²) in [5.41, 5.74) is 0.535. The van der Waals surface area contributed by atoms with E-state index in [9.17, 15) is 4.79 Å². The van der Waals surface area contributed by atoms with Crippen molar-refractivity contribution < 1.29 is 0 Å². The molecule has 20 heavy (non-hydrogen) atoms.